The lowest BCUT2D eigenvalue weighted by molar-refractivity contribution is -0.385. The van der Waals surface area contributed by atoms with Gasteiger partial charge in [-0.25, -0.2) is 0 Å². The number of non-ortho nitro benzene ring substituents is 1. The minimum absolute atomic E-state index is 0.000286. The standard InChI is InChI=1S/C27H26N2O4/c1-15-11-12-18(29(32)33)14-21(15)27(4,5)16(2)13-20-25(30)24(26(20)31)23-17(3)28(6)22-10-8-7-9-19(22)23/h7-14,30H,2H2,1,3-6H3/b20-13+. The molecule has 1 N–H and O–H groups in total. The fourth-order valence-electron chi connectivity index (χ4n) is 4.55. The van der Waals surface area contributed by atoms with Gasteiger partial charge in [0.25, 0.3) is 5.69 Å². The Labute approximate surface area is 192 Å². The van der Waals surface area contributed by atoms with Gasteiger partial charge < -0.3 is 9.67 Å². The van der Waals surface area contributed by atoms with Crippen LogP contribution >= 0.6 is 0 Å². The number of benzene rings is 2. The van der Waals surface area contributed by atoms with Gasteiger partial charge in [0.15, 0.2) is 0 Å². The van der Waals surface area contributed by atoms with Crippen LogP contribution in [0.25, 0.3) is 16.5 Å². The second-order valence-electron chi connectivity index (χ2n) is 9.05. The molecular weight excluding hydrogens is 416 g/mol. The Hall–Kier alpha value is -3.93. The summed E-state index contributed by atoms with van der Waals surface area (Å²) in [4.78, 5) is 24.0. The molecule has 0 spiro atoms. The number of aliphatic hydroxyl groups is 1. The first kappa shape index (κ1) is 22.3. The summed E-state index contributed by atoms with van der Waals surface area (Å²) >= 11 is 0. The molecule has 0 saturated carbocycles. The highest BCUT2D eigenvalue weighted by atomic mass is 16.6. The number of aryl methyl sites for hydroxylation is 2. The van der Waals surface area contributed by atoms with Crippen molar-refractivity contribution in [3.8, 4) is 0 Å². The normalized spacial score (nSPS) is 15.3. The zero-order valence-corrected chi connectivity index (χ0v) is 19.4. The summed E-state index contributed by atoms with van der Waals surface area (Å²) in [7, 11) is 1.93. The topological polar surface area (TPSA) is 85.4 Å². The summed E-state index contributed by atoms with van der Waals surface area (Å²) < 4.78 is 2.01. The number of rotatable bonds is 5. The molecule has 3 aromatic rings. The number of aliphatic hydroxyl groups excluding tert-OH is 1. The molecule has 0 bridgehead atoms. The van der Waals surface area contributed by atoms with Crippen molar-refractivity contribution in [1.29, 1.82) is 0 Å². The minimum Gasteiger partial charge on any atom is -0.506 e. The maximum absolute atomic E-state index is 13.2. The van der Waals surface area contributed by atoms with Crippen LogP contribution in [-0.2, 0) is 17.3 Å². The van der Waals surface area contributed by atoms with Crippen molar-refractivity contribution < 1.29 is 14.8 Å². The fraction of sp³-hybridized carbons (Fsp3) is 0.222. The lowest BCUT2D eigenvalue weighted by atomic mass is 9.73. The van der Waals surface area contributed by atoms with Crippen LogP contribution in [0, 0.1) is 24.0 Å². The number of carbonyl (C=O) groups is 1. The van der Waals surface area contributed by atoms with Crippen molar-refractivity contribution in [2.75, 3.05) is 0 Å². The highest BCUT2D eigenvalue weighted by Gasteiger charge is 2.38. The van der Waals surface area contributed by atoms with Gasteiger partial charge in [-0.1, -0.05) is 44.7 Å². The fourth-order valence-corrected chi connectivity index (χ4v) is 4.55. The molecule has 1 heterocycles. The van der Waals surface area contributed by atoms with E-state index >= 15 is 0 Å². The molecule has 1 aliphatic rings. The first-order valence-electron chi connectivity index (χ1n) is 10.7. The van der Waals surface area contributed by atoms with Gasteiger partial charge in [0, 0.05) is 46.8 Å². The summed E-state index contributed by atoms with van der Waals surface area (Å²) in [6, 6.07) is 12.5. The van der Waals surface area contributed by atoms with Gasteiger partial charge in [-0.2, -0.15) is 0 Å². The number of hydrogen-bond donors (Lipinski definition) is 1. The summed E-state index contributed by atoms with van der Waals surface area (Å²) in [5.41, 5.74) is 4.68. The van der Waals surface area contributed by atoms with Crippen molar-refractivity contribution >= 4 is 27.9 Å². The van der Waals surface area contributed by atoms with Crippen LogP contribution in [0.5, 0.6) is 0 Å². The van der Waals surface area contributed by atoms with Crippen LogP contribution in [0.15, 0.2) is 72.0 Å². The Bertz CT molecular complexity index is 1430. The SMILES string of the molecule is C=C(/C=C1/C(=O)C(c2c(C)n(C)c3ccccc23)=C1O)C(C)(C)c1cc([N+](=O)[O-])ccc1C. The van der Waals surface area contributed by atoms with Crippen molar-refractivity contribution in [3.63, 3.8) is 0 Å². The van der Waals surface area contributed by atoms with E-state index in [-0.39, 0.29) is 22.8 Å². The van der Waals surface area contributed by atoms with E-state index < -0.39 is 10.3 Å². The second-order valence-corrected chi connectivity index (χ2v) is 9.05. The van der Waals surface area contributed by atoms with Gasteiger partial charge in [-0.3, -0.25) is 14.9 Å². The molecule has 2 aromatic carbocycles. The van der Waals surface area contributed by atoms with Gasteiger partial charge in [0.2, 0.25) is 5.78 Å². The zero-order chi connectivity index (χ0) is 24.2. The molecule has 0 aliphatic heterocycles. The van der Waals surface area contributed by atoms with E-state index in [1.54, 1.807) is 18.2 Å². The smallest absolute Gasteiger partial charge is 0.269 e. The predicted molar refractivity (Wildman–Crippen MR) is 130 cm³/mol. The number of aromatic nitrogens is 1. The third-order valence-corrected chi connectivity index (χ3v) is 6.84. The molecule has 0 saturated heterocycles. The molecule has 1 aromatic heterocycles. The Morgan fingerprint density at radius 3 is 2.48 bits per heavy atom. The van der Waals surface area contributed by atoms with Crippen LogP contribution in [0.2, 0.25) is 0 Å². The van der Waals surface area contributed by atoms with Gasteiger partial charge in [-0.05, 0) is 42.7 Å². The molecule has 0 unspecified atom stereocenters. The molecule has 4 rings (SSSR count). The van der Waals surface area contributed by atoms with Gasteiger partial charge in [0.1, 0.15) is 5.76 Å². The van der Waals surface area contributed by atoms with E-state index in [1.165, 1.54) is 6.07 Å². The van der Waals surface area contributed by atoms with Crippen LogP contribution in [0.1, 0.15) is 36.2 Å². The minimum atomic E-state index is -0.686. The first-order valence-corrected chi connectivity index (χ1v) is 10.7. The molecule has 1 aliphatic carbocycles. The second kappa shape index (κ2) is 7.59. The monoisotopic (exact) mass is 442 g/mol. The van der Waals surface area contributed by atoms with Crippen molar-refractivity contribution in [2.24, 2.45) is 7.05 Å². The third-order valence-electron chi connectivity index (χ3n) is 6.84. The molecule has 0 radical (unpaired) electrons. The Kier molecular flexibility index (Phi) is 5.12. The largest absolute Gasteiger partial charge is 0.506 e. The molecular formula is C27H26N2O4. The average molecular weight is 443 g/mol. The van der Waals surface area contributed by atoms with E-state index in [0.29, 0.717) is 11.1 Å². The molecule has 6 nitrogen and oxygen atoms in total. The molecule has 33 heavy (non-hydrogen) atoms. The number of nitro groups is 1. The van der Waals surface area contributed by atoms with Crippen molar-refractivity contribution in [2.45, 2.75) is 33.1 Å². The Morgan fingerprint density at radius 2 is 1.85 bits per heavy atom. The summed E-state index contributed by atoms with van der Waals surface area (Å²) in [5, 5.41) is 23.1. The zero-order valence-electron chi connectivity index (χ0n) is 19.4. The first-order chi connectivity index (χ1) is 15.5. The number of nitrogens with zero attached hydrogens (tertiary/aromatic N) is 2. The number of carbonyl (C=O) groups excluding carboxylic acids is 1. The van der Waals surface area contributed by atoms with Crippen molar-refractivity contribution in [3.05, 3.63) is 105 Å². The lowest BCUT2D eigenvalue weighted by Gasteiger charge is -2.30. The van der Waals surface area contributed by atoms with E-state index in [2.05, 4.69) is 6.58 Å². The molecule has 0 fully saturated rings. The van der Waals surface area contributed by atoms with Crippen molar-refractivity contribution in [1.82, 2.24) is 4.57 Å². The van der Waals surface area contributed by atoms with Crippen LogP contribution < -0.4 is 0 Å². The molecule has 0 atom stereocenters. The number of nitro benzene ring substituents is 1. The quantitative estimate of drug-likeness (QED) is 0.298. The van der Waals surface area contributed by atoms with Gasteiger partial charge in [-0.15, -0.1) is 0 Å². The van der Waals surface area contributed by atoms with Crippen LogP contribution in [-0.4, -0.2) is 20.4 Å². The summed E-state index contributed by atoms with van der Waals surface area (Å²) in [5.74, 6) is -0.285. The van der Waals surface area contributed by atoms with E-state index in [9.17, 15) is 20.0 Å². The number of allylic oxidation sites excluding steroid dienone is 4. The van der Waals surface area contributed by atoms with Crippen LogP contribution in [0.4, 0.5) is 5.69 Å². The number of ketones is 1. The van der Waals surface area contributed by atoms with Crippen LogP contribution in [0.3, 0.4) is 0 Å². The van der Waals surface area contributed by atoms with Gasteiger partial charge in [0.05, 0.1) is 16.1 Å². The maximum Gasteiger partial charge on any atom is 0.269 e. The average Bonchev–Trinajstić information content (AvgIpc) is 3.02. The number of Topliss-reactive ketones (excluding diaryl/α,β-unsaturated/α-hetero) is 1. The summed E-state index contributed by atoms with van der Waals surface area (Å²) in [6.07, 6.45) is 1.60. The Morgan fingerprint density at radius 1 is 1.18 bits per heavy atom. The highest BCUT2D eigenvalue weighted by Crippen LogP contribution is 2.43. The van der Waals surface area contributed by atoms with E-state index in [0.717, 1.165) is 33.3 Å². The molecule has 6 heteroatoms. The lowest BCUT2D eigenvalue weighted by Crippen LogP contribution is -2.25. The maximum atomic E-state index is 13.2. The van der Waals surface area contributed by atoms with E-state index in [1.807, 2.05) is 63.6 Å². The Balaban J connectivity index is 1.76. The predicted octanol–water partition coefficient (Wildman–Crippen LogP) is 6.02. The number of para-hydroxylation sites is 1. The van der Waals surface area contributed by atoms with E-state index in [4.69, 9.17) is 0 Å². The number of fused-ring (bicyclic) bond motifs is 1. The summed E-state index contributed by atoms with van der Waals surface area (Å²) in [6.45, 7) is 11.8. The third kappa shape index (κ3) is 3.30. The molecule has 0 amide bonds. The number of hydrogen-bond acceptors (Lipinski definition) is 4. The van der Waals surface area contributed by atoms with Gasteiger partial charge >= 0.3 is 0 Å². The molecule has 168 valence electrons. The highest BCUT2D eigenvalue weighted by molar-refractivity contribution is 6.40.